The van der Waals surface area contributed by atoms with Crippen LogP contribution in [0.1, 0.15) is 37.0 Å². The molecule has 0 aromatic carbocycles. The van der Waals surface area contributed by atoms with Gasteiger partial charge in [-0.05, 0) is 24.7 Å². The van der Waals surface area contributed by atoms with Crippen molar-refractivity contribution >= 4 is 0 Å². The Labute approximate surface area is 82.9 Å². The predicted molar refractivity (Wildman–Crippen MR) is 50.6 cm³/mol. The summed E-state index contributed by atoms with van der Waals surface area (Å²) in [6, 6.07) is 0. The molecule has 1 heterocycles. The zero-order valence-corrected chi connectivity index (χ0v) is 8.15. The minimum absolute atomic E-state index is 0.582. The molecule has 0 spiro atoms. The summed E-state index contributed by atoms with van der Waals surface area (Å²) in [6.07, 6.45) is 4.79. The fourth-order valence-corrected chi connectivity index (χ4v) is 2.81. The highest BCUT2D eigenvalue weighted by molar-refractivity contribution is 5.15. The molecule has 1 aromatic rings. The molecule has 2 aliphatic carbocycles. The number of nitrogens with two attached hydrogens (primary N) is 1. The monoisotopic (exact) mass is 193 g/mol. The summed E-state index contributed by atoms with van der Waals surface area (Å²) >= 11 is 0. The van der Waals surface area contributed by atoms with Crippen molar-refractivity contribution in [1.29, 1.82) is 0 Å². The summed E-state index contributed by atoms with van der Waals surface area (Å²) < 4.78 is 5.58. The fourth-order valence-electron chi connectivity index (χ4n) is 2.81. The molecule has 0 radical (unpaired) electrons. The second-order valence-electron chi connectivity index (χ2n) is 4.36. The minimum atomic E-state index is 0.582. The number of aromatic nitrogens is 2. The van der Waals surface area contributed by atoms with E-state index in [1.807, 2.05) is 0 Å². The molecule has 76 valence electrons. The van der Waals surface area contributed by atoms with Crippen LogP contribution in [0.4, 0.5) is 0 Å². The molecule has 0 aliphatic heterocycles. The van der Waals surface area contributed by atoms with E-state index in [-0.39, 0.29) is 0 Å². The third-order valence-electron chi connectivity index (χ3n) is 3.53. The Kier molecular flexibility index (Phi) is 1.83. The van der Waals surface area contributed by atoms with Gasteiger partial charge < -0.3 is 10.2 Å². The van der Waals surface area contributed by atoms with Crippen molar-refractivity contribution in [2.75, 3.05) is 6.54 Å². The summed E-state index contributed by atoms with van der Waals surface area (Å²) in [5, 5.41) is 8.10. The van der Waals surface area contributed by atoms with Gasteiger partial charge in [0.1, 0.15) is 0 Å². The van der Waals surface area contributed by atoms with Crippen LogP contribution in [0.2, 0.25) is 0 Å². The van der Waals surface area contributed by atoms with Crippen LogP contribution in [-0.2, 0) is 6.42 Å². The van der Waals surface area contributed by atoms with Gasteiger partial charge in [-0.25, -0.2) is 0 Å². The Balaban J connectivity index is 1.72. The molecule has 2 N–H and O–H groups in total. The van der Waals surface area contributed by atoms with E-state index in [1.165, 1.54) is 19.3 Å². The van der Waals surface area contributed by atoms with Gasteiger partial charge in [-0.1, -0.05) is 6.42 Å². The molecule has 14 heavy (non-hydrogen) atoms. The maximum atomic E-state index is 5.58. The molecular formula is C10H15N3O. The maximum Gasteiger partial charge on any atom is 0.220 e. The van der Waals surface area contributed by atoms with E-state index in [2.05, 4.69) is 10.2 Å². The summed E-state index contributed by atoms with van der Waals surface area (Å²) in [5.41, 5.74) is 5.43. The second-order valence-corrected chi connectivity index (χ2v) is 4.36. The van der Waals surface area contributed by atoms with Crippen molar-refractivity contribution in [2.45, 2.75) is 31.6 Å². The van der Waals surface area contributed by atoms with Crippen molar-refractivity contribution in [3.63, 3.8) is 0 Å². The predicted octanol–water partition coefficient (Wildman–Crippen LogP) is 1.08. The number of hydrogen-bond acceptors (Lipinski definition) is 4. The van der Waals surface area contributed by atoms with E-state index in [0.29, 0.717) is 24.8 Å². The lowest BCUT2D eigenvalue weighted by Gasteiger charge is -1.95. The minimum Gasteiger partial charge on any atom is -0.425 e. The van der Waals surface area contributed by atoms with Crippen LogP contribution < -0.4 is 5.73 Å². The van der Waals surface area contributed by atoms with Gasteiger partial charge in [0.2, 0.25) is 11.8 Å². The Bertz CT molecular complexity index is 326. The Morgan fingerprint density at radius 1 is 1.29 bits per heavy atom. The first kappa shape index (κ1) is 8.41. The topological polar surface area (TPSA) is 64.9 Å². The van der Waals surface area contributed by atoms with E-state index in [4.69, 9.17) is 10.2 Å². The standard InChI is InChI=1S/C10H15N3O/c11-5-4-8-12-13-10(14-8)9-6-2-1-3-7(6)9/h6-7,9H,1-5,11H2. The van der Waals surface area contributed by atoms with E-state index < -0.39 is 0 Å². The molecule has 0 saturated heterocycles. The Morgan fingerprint density at radius 2 is 2.07 bits per heavy atom. The lowest BCUT2D eigenvalue weighted by Crippen LogP contribution is -2.02. The van der Waals surface area contributed by atoms with Gasteiger partial charge in [0.25, 0.3) is 0 Å². The highest BCUT2D eigenvalue weighted by Crippen LogP contribution is 2.62. The van der Waals surface area contributed by atoms with Crippen LogP contribution in [0.5, 0.6) is 0 Å². The number of nitrogens with zero attached hydrogens (tertiary/aromatic N) is 2. The highest BCUT2D eigenvalue weighted by Gasteiger charge is 2.56. The van der Waals surface area contributed by atoms with Crippen LogP contribution in [0, 0.1) is 11.8 Å². The first-order chi connectivity index (χ1) is 6.90. The molecule has 2 fully saturated rings. The van der Waals surface area contributed by atoms with Crippen LogP contribution in [-0.4, -0.2) is 16.7 Å². The van der Waals surface area contributed by atoms with Gasteiger partial charge in [-0.2, -0.15) is 0 Å². The normalized spacial score (nSPS) is 34.5. The van der Waals surface area contributed by atoms with Crippen LogP contribution in [0.25, 0.3) is 0 Å². The van der Waals surface area contributed by atoms with Gasteiger partial charge in [0.15, 0.2) is 0 Å². The smallest absolute Gasteiger partial charge is 0.220 e. The van der Waals surface area contributed by atoms with Crippen molar-refractivity contribution in [1.82, 2.24) is 10.2 Å². The van der Waals surface area contributed by atoms with Gasteiger partial charge in [0.05, 0.1) is 0 Å². The lowest BCUT2D eigenvalue weighted by molar-refractivity contribution is 0.434. The third kappa shape index (κ3) is 1.17. The molecule has 2 unspecified atom stereocenters. The molecular weight excluding hydrogens is 178 g/mol. The average Bonchev–Trinajstić information content (AvgIpc) is 2.63. The Hall–Kier alpha value is -0.900. The maximum absolute atomic E-state index is 5.58. The fraction of sp³-hybridized carbons (Fsp3) is 0.800. The van der Waals surface area contributed by atoms with Crippen LogP contribution >= 0.6 is 0 Å². The van der Waals surface area contributed by atoms with Gasteiger partial charge in [-0.15, -0.1) is 10.2 Å². The second kappa shape index (κ2) is 3.05. The van der Waals surface area contributed by atoms with Crippen molar-refractivity contribution in [3.8, 4) is 0 Å². The Morgan fingerprint density at radius 3 is 2.79 bits per heavy atom. The van der Waals surface area contributed by atoms with Crippen LogP contribution in [0.15, 0.2) is 4.42 Å². The molecule has 2 atom stereocenters. The molecule has 2 saturated carbocycles. The summed E-state index contributed by atoms with van der Waals surface area (Å²) in [5.74, 6) is 3.85. The number of hydrogen-bond donors (Lipinski definition) is 1. The van der Waals surface area contributed by atoms with Crippen molar-refractivity contribution in [3.05, 3.63) is 11.8 Å². The summed E-state index contributed by atoms with van der Waals surface area (Å²) in [6.45, 7) is 0.582. The highest BCUT2D eigenvalue weighted by atomic mass is 16.4. The van der Waals surface area contributed by atoms with Crippen molar-refractivity contribution in [2.24, 2.45) is 17.6 Å². The number of fused-ring (bicyclic) bond motifs is 1. The van der Waals surface area contributed by atoms with Gasteiger partial charge in [0, 0.05) is 18.9 Å². The summed E-state index contributed by atoms with van der Waals surface area (Å²) in [4.78, 5) is 0. The first-order valence-corrected chi connectivity index (χ1v) is 5.42. The van der Waals surface area contributed by atoms with E-state index in [9.17, 15) is 0 Å². The van der Waals surface area contributed by atoms with E-state index in [0.717, 1.165) is 17.7 Å². The molecule has 1 aromatic heterocycles. The van der Waals surface area contributed by atoms with Crippen LogP contribution in [0.3, 0.4) is 0 Å². The largest absolute Gasteiger partial charge is 0.425 e. The lowest BCUT2D eigenvalue weighted by atomic mass is 10.1. The molecule has 4 nitrogen and oxygen atoms in total. The quantitative estimate of drug-likeness (QED) is 0.780. The molecule has 3 rings (SSSR count). The van der Waals surface area contributed by atoms with Gasteiger partial charge in [-0.3, -0.25) is 0 Å². The zero-order valence-electron chi connectivity index (χ0n) is 8.15. The molecule has 4 heteroatoms. The SMILES string of the molecule is NCCc1nnc(C2C3CCCC32)o1. The van der Waals surface area contributed by atoms with E-state index >= 15 is 0 Å². The molecule has 2 aliphatic rings. The summed E-state index contributed by atoms with van der Waals surface area (Å²) in [7, 11) is 0. The van der Waals surface area contributed by atoms with E-state index in [1.54, 1.807) is 0 Å². The third-order valence-corrected chi connectivity index (χ3v) is 3.53. The van der Waals surface area contributed by atoms with Crippen molar-refractivity contribution < 1.29 is 4.42 Å². The first-order valence-electron chi connectivity index (χ1n) is 5.42. The zero-order chi connectivity index (χ0) is 9.54. The van der Waals surface area contributed by atoms with Gasteiger partial charge >= 0.3 is 0 Å². The molecule has 0 amide bonds. The molecule has 0 bridgehead atoms. The number of rotatable bonds is 3. The average molecular weight is 193 g/mol.